The van der Waals surface area contributed by atoms with Crippen molar-refractivity contribution < 1.29 is 4.74 Å². The van der Waals surface area contributed by atoms with Crippen molar-refractivity contribution in [3.05, 3.63) is 128 Å². The Hall–Kier alpha value is -4.50. The Morgan fingerprint density at radius 3 is 1.71 bits per heavy atom. The Balaban J connectivity index is 0.000000169. The van der Waals surface area contributed by atoms with Gasteiger partial charge in [-0.3, -0.25) is 9.97 Å². The minimum Gasteiger partial charge on any atom is -0.497 e. The number of aromatic nitrogens is 2. The van der Waals surface area contributed by atoms with Gasteiger partial charge in [-0.15, -0.1) is 0 Å². The fourth-order valence-corrected chi connectivity index (χ4v) is 4.02. The van der Waals surface area contributed by atoms with E-state index in [1.807, 2.05) is 48.5 Å². The zero-order valence-corrected chi connectivity index (χ0v) is 18.9. The van der Waals surface area contributed by atoms with Crippen LogP contribution in [0.1, 0.15) is 0 Å². The molecule has 0 saturated heterocycles. The van der Waals surface area contributed by atoms with Gasteiger partial charge in [0.15, 0.2) is 0 Å². The lowest BCUT2D eigenvalue weighted by Crippen LogP contribution is -1.85. The number of pyridine rings is 2. The molecule has 164 valence electrons. The average molecular weight is 441 g/mol. The van der Waals surface area contributed by atoms with Gasteiger partial charge < -0.3 is 4.74 Å². The van der Waals surface area contributed by atoms with Crippen LogP contribution in [0.3, 0.4) is 0 Å². The summed E-state index contributed by atoms with van der Waals surface area (Å²) in [5, 5.41) is 5.11. The summed E-state index contributed by atoms with van der Waals surface area (Å²) in [7, 11) is 1.69. The van der Waals surface area contributed by atoms with Crippen molar-refractivity contribution in [1.82, 2.24) is 9.97 Å². The molecule has 0 radical (unpaired) electrons. The number of fused-ring (bicyclic) bond motifs is 2. The Morgan fingerprint density at radius 2 is 1.12 bits per heavy atom. The summed E-state index contributed by atoms with van der Waals surface area (Å²) in [4.78, 5) is 8.37. The van der Waals surface area contributed by atoms with Crippen molar-refractivity contribution in [2.45, 2.75) is 0 Å². The zero-order valence-electron chi connectivity index (χ0n) is 18.9. The van der Waals surface area contributed by atoms with Gasteiger partial charge in [0.1, 0.15) is 5.75 Å². The highest BCUT2D eigenvalue weighted by molar-refractivity contribution is 6.04. The SMILES string of the molecule is COc1ccc(-c2cccc3cc4ccccc4cc23)cc1.c1ccc(-c2ccccn2)nc1. The highest BCUT2D eigenvalue weighted by Gasteiger charge is 2.05. The predicted molar refractivity (Wildman–Crippen MR) is 141 cm³/mol. The summed E-state index contributed by atoms with van der Waals surface area (Å²) in [5.41, 5.74) is 4.30. The van der Waals surface area contributed by atoms with Gasteiger partial charge in [0.2, 0.25) is 0 Å². The highest BCUT2D eigenvalue weighted by atomic mass is 16.5. The molecule has 2 heterocycles. The van der Waals surface area contributed by atoms with E-state index < -0.39 is 0 Å². The fraction of sp³-hybridized carbons (Fsp3) is 0.0323. The molecule has 0 saturated carbocycles. The second-order valence-electron chi connectivity index (χ2n) is 7.88. The van der Waals surface area contributed by atoms with Crippen LogP contribution in [0.4, 0.5) is 0 Å². The van der Waals surface area contributed by atoms with Crippen molar-refractivity contribution in [3.63, 3.8) is 0 Å². The molecule has 0 fully saturated rings. The van der Waals surface area contributed by atoms with E-state index in [9.17, 15) is 0 Å². The molecular weight excluding hydrogens is 416 g/mol. The molecule has 2 aromatic heterocycles. The van der Waals surface area contributed by atoms with Crippen LogP contribution in [0.25, 0.3) is 44.1 Å². The molecule has 3 heteroatoms. The molecule has 4 aromatic carbocycles. The quantitative estimate of drug-likeness (QED) is 0.263. The average Bonchev–Trinajstić information content (AvgIpc) is 2.93. The summed E-state index contributed by atoms with van der Waals surface area (Å²) >= 11 is 0. The van der Waals surface area contributed by atoms with Crippen LogP contribution >= 0.6 is 0 Å². The van der Waals surface area contributed by atoms with Crippen molar-refractivity contribution in [1.29, 1.82) is 0 Å². The monoisotopic (exact) mass is 440 g/mol. The predicted octanol–water partition coefficient (Wildman–Crippen LogP) is 7.81. The molecule has 0 spiro atoms. The fourth-order valence-electron chi connectivity index (χ4n) is 4.02. The first-order chi connectivity index (χ1) is 16.8. The van der Waals surface area contributed by atoms with E-state index >= 15 is 0 Å². The molecule has 0 N–H and O–H groups in total. The number of benzene rings is 4. The van der Waals surface area contributed by atoms with E-state index in [0.29, 0.717) is 0 Å². The Bertz CT molecular complexity index is 1470. The van der Waals surface area contributed by atoms with Gasteiger partial charge in [-0.25, -0.2) is 0 Å². The molecule has 0 aliphatic carbocycles. The second kappa shape index (κ2) is 9.97. The second-order valence-corrected chi connectivity index (χ2v) is 7.88. The third-order valence-electron chi connectivity index (χ3n) is 5.74. The molecule has 6 rings (SSSR count). The minimum absolute atomic E-state index is 0.884. The van der Waals surface area contributed by atoms with Gasteiger partial charge in [-0.05, 0) is 81.2 Å². The maximum atomic E-state index is 5.25. The number of ether oxygens (including phenoxy) is 1. The topological polar surface area (TPSA) is 35.0 Å². The summed E-state index contributed by atoms with van der Waals surface area (Å²) < 4.78 is 5.25. The lowest BCUT2D eigenvalue weighted by molar-refractivity contribution is 0.415. The first-order valence-corrected chi connectivity index (χ1v) is 11.2. The van der Waals surface area contributed by atoms with Crippen LogP contribution in [-0.4, -0.2) is 17.1 Å². The number of methoxy groups -OCH3 is 1. The maximum Gasteiger partial charge on any atom is 0.118 e. The van der Waals surface area contributed by atoms with Crippen molar-refractivity contribution in [2.24, 2.45) is 0 Å². The van der Waals surface area contributed by atoms with Crippen LogP contribution in [0.5, 0.6) is 5.75 Å². The zero-order chi connectivity index (χ0) is 23.2. The lowest BCUT2D eigenvalue weighted by atomic mass is 9.95. The lowest BCUT2D eigenvalue weighted by Gasteiger charge is -2.09. The normalized spacial score (nSPS) is 10.5. The van der Waals surface area contributed by atoms with Crippen molar-refractivity contribution in [3.8, 4) is 28.3 Å². The van der Waals surface area contributed by atoms with E-state index in [0.717, 1.165) is 17.1 Å². The van der Waals surface area contributed by atoms with Gasteiger partial charge in [0.25, 0.3) is 0 Å². The van der Waals surface area contributed by atoms with E-state index in [-0.39, 0.29) is 0 Å². The van der Waals surface area contributed by atoms with Crippen LogP contribution < -0.4 is 4.74 Å². The molecule has 0 bridgehead atoms. The molecule has 0 amide bonds. The molecular formula is C31H24N2O. The molecule has 0 atom stereocenters. The third-order valence-corrected chi connectivity index (χ3v) is 5.74. The third kappa shape index (κ3) is 4.64. The molecule has 0 aliphatic rings. The standard InChI is InChI=1S/C21H16O.C10H8N2/c1-22-19-11-9-15(10-12-19)20-8-4-7-18-13-16-5-2-3-6-17(16)14-21(18)20;1-3-7-11-9(5-1)10-6-2-4-8-12-10/h2-14H,1H3;1-8H. The first-order valence-electron chi connectivity index (χ1n) is 11.2. The Kier molecular flexibility index (Phi) is 6.26. The highest BCUT2D eigenvalue weighted by Crippen LogP contribution is 2.32. The van der Waals surface area contributed by atoms with Gasteiger partial charge in [-0.1, -0.05) is 66.7 Å². The Labute approximate surface area is 199 Å². The number of nitrogens with zero attached hydrogens (tertiary/aromatic N) is 2. The van der Waals surface area contributed by atoms with Crippen molar-refractivity contribution >= 4 is 21.5 Å². The summed E-state index contributed by atoms with van der Waals surface area (Å²) in [5.74, 6) is 0.884. The van der Waals surface area contributed by atoms with E-state index in [2.05, 4.69) is 76.7 Å². The van der Waals surface area contributed by atoms with Crippen LogP contribution in [-0.2, 0) is 0 Å². The van der Waals surface area contributed by atoms with Crippen LogP contribution in [0.2, 0.25) is 0 Å². The van der Waals surface area contributed by atoms with E-state index in [4.69, 9.17) is 4.74 Å². The van der Waals surface area contributed by atoms with Crippen molar-refractivity contribution in [2.75, 3.05) is 7.11 Å². The first kappa shape index (κ1) is 21.4. The largest absolute Gasteiger partial charge is 0.497 e. The van der Waals surface area contributed by atoms with Gasteiger partial charge in [0.05, 0.1) is 18.5 Å². The van der Waals surface area contributed by atoms with E-state index in [1.165, 1.54) is 32.7 Å². The minimum atomic E-state index is 0.884. The Morgan fingerprint density at radius 1 is 0.529 bits per heavy atom. The van der Waals surface area contributed by atoms with Gasteiger partial charge in [-0.2, -0.15) is 0 Å². The number of rotatable bonds is 3. The summed E-state index contributed by atoms with van der Waals surface area (Å²) in [6.07, 6.45) is 3.54. The molecule has 34 heavy (non-hydrogen) atoms. The summed E-state index contributed by atoms with van der Waals surface area (Å²) in [6.45, 7) is 0. The molecule has 3 nitrogen and oxygen atoms in total. The van der Waals surface area contributed by atoms with Gasteiger partial charge >= 0.3 is 0 Å². The molecule has 6 aromatic rings. The smallest absolute Gasteiger partial charge is 0.118 e. The maximum absolute atomic E-state index is 5.25. The van der Waals surface area contributed by atoms with Crippen LogP contribution in [0, 0.1) is 0 Å². The van der Waals surface area contributed by atoms with Gasteiger partial charge in [0, 0.05) is 12.4 Å². The molecule has 0 aliphatic heterocycles. The summed E-state index contributed by atoms with van der Waals surface area (Å²) in [6, 6.07) is 39.4. The number of hydrogen-bond donors (Lipinski definition) is 0. The van der Waals surface area contributed by atoms with E-state index in [1.54, 1.807) is 19.5 Å². The van der Waals surface area contributed by atoms with Crippen LogP contribution in [0.15, 0.2) is 128 Å². The number of hydrogen-bond acceptors (Lipinski definition) is 3. The molecule has 0 unspecified atom stereocenters.